The van der Waals surface area contributed by atoms with Crippen LogP contribution in [0.5, 0.6) is 11.5 Å². The highest BCUT2D eigenvalue weighted by Crippen LogP contribution is 2.53. The van der Waals surface area contributed by atoms with Crippen molar-refractivity contribution < 1.29 is 47.5 Å². The fraction of sp³-hybridized carbons (Fsp3) is 0.391. The number of unbranched alkanes of at least 4 members (excludes halogenated alkanes) is 6. The maximum atomic E-state index is 13.4. The smallest absolute Gasteiger partial charge is 0.338 e. The zero-order valence-electron chi connectivity index (χ0n) is 32.7. The van der Waals surface area contributed by atoms with E-state index in [1.54, 1.807) is 6.07 Å². The molecule has 3 heterocycles. The third-order valence-corrected chi connectivity index (χ3v) is 12.2. The van der Waals surface area contributed by atoms with Crippen LogP contribution in [0.4, 0.5) is 0 Å². The molecular weight excluding hydrogens is 757 g/mol. The lowest BCUT2D eigenvalue weighted by molar-refractivity contribution is -0.138. The first-order valence-corrected chi connectivity index (χ1v) is 21.2. The van der Waals surface area contributed by atoms with Crippen LogP contribution in [-0.2, 0) is 33.3 Å². The van der Waals surface area contributed by atoms with Gasteiger partial charge in [-0.1, -0.05) is 52.1 Å². The Morgan fingerprint density at radius 2 is 1.24 bits per heavy atom. The lowest BCUT2D eigenvalue weighted by atomic mass is 10.0. The number of rotatable bonds is 21. The highest BCUT2D eigenvalue weighted by Gasteiger charge is 2.64. The Balaban J connectivity index is 0.886. The number of aliphatic imine (C=N–C) groups is 1. The Kier molecular flexibility index (Phi) is 13.9. The summed E-state index contributed by atoms with van der Waals surface area (Å²) in [7, 11) is 0.404. The second-order valence-corrected chi connectivity index (χ2v) is 16.1. The molecule has 0 aromatic heterocycles. The number of carbonyl (C=O) groups excluding carboxylic acids is 3. The highest BCUT2D eigenvalue weighted by molar-refractivity contribution is 7.60. The van der Waals surface area contributed by atoms with Gasteiger partial charge in [0, 0.05) is 17.7 Å². The fourth-order valence-electron chi connectivity index (χ4n) is 7.50. The normalized spacial score (nSPS) is 21.0. The molecule has 0 aliphatic carbocycles. The third-order valence-electron chi connectivity index (χ3n) is 10.6. The average molecular weight is 808 g/mol. The third kappa shape index (κ3) is 9.95. The lowest BCUT2D eigenvalue weighted by Gasteiger charge is -2.23. The zero-order chi connectivity index (χ0) is 40.3. The first-order valence-electron chi connectivity index (χ1n) is 20.1. The summed E-state index contributed by atoms with van der Waals surface area (Å²) in [5.74, 6) is 0.409. The molecule has 3 aliphatic heterocycles. The summed E-state index contributed by atoms with van der Waals surface area (Å²) in [5.41, 5.74) is 1.71. The van der Waals surface area contributed by atoms with Crippen LogP contribution in [0.3, 0.4) is 0 Å². The number of nitrogens with zero attached hydrogens (tertiary/aromatic N) is 1. The maximum absolute atomic E-state index is 13.4. The molecule has 4 aromatic carbocycles. The molecular formula is C46H50NO10P. The maximum Gasteiger partial charge on any atom is 0.338 e. The van der Waals surface area contributed by atoms with Crippen molar-refractivity contribution in [2.45, 2.75) is 75.0 Å². The summed E-state index contributed by atoms with van der Waals surface area (Å²) >= 11 is 0. The van der Waals surface area contributed by atoms with Crippen LogP contribution in [-0.4, -0.2) is 86.6 Å². The molecule has 1 spiro atoms. The Labute approximate surface area is 340 Å². The van der Waals surface area contributed by atoms with Crippen molar-refractivity contribution >= 4 is 53.5 Å². The molecule has 0 saturated carbocycles. The molecule has 0 bridgehead atoms. The quantitative estimate of drug-likeness (QED) is 0.0266. The van der Waals surface area contributed by atoms with Gasteiger partial charge in [0.15, 0.2) is 11.8 Å². The molecule has 2 saturated heterocycles. The van der Waals surface area contributed by atoms with Gasteiger partial charge in [0.2, 0.25) is 0 Å². The van der Waals surface area contributed by atoms with Crippen molar-refractivity contribution in [2.75, 3.05) is 39.6 Å². The van der Waals surface area contributed by atoms with E-state index in [9.17, 15) is 14.4 Å². The van der Waals surface area contributed by atoms with Crippen molar-refractivity contribution in [3.8, 4) is 11.5 Å². The molecule has 4 aromatic rings. The summed E-state index contributed by atoms with van der Waals surface area (Å²) in [6, 6.07) is 23.8. The molecule has 0 amide bonds. The molecule has 0 radical (unpaired) electrons. The summed E-state index contributed by atoms with van der Waals surface area (Å²) in [6.07, 6.45) is 8.67. The van der Waals surface area contributed by atoms with E-state index in [-0.39, 0.29) is 24.2 Å². The summed E-state index contributed by atoms with van der Waals surface area (Å²) in [6.45, 7) is 9.55. The van der Waals surface area contributed by atoms with Gasteiger partial charge >= 0.3 is 17.9 Å². The number of hydrogen-bond acceptors (Lipinski definition) is 11. The van der Waals surface area contributed by atoms with E-state index in [1.807, 2.05) is 36.4 Å². The predicted octanol–water partition coefficient (Wildman–Crippen LogP) is 8.49. The van der Waals surface area contributed by atoms with E-state index in [1.165, 1.54) is 12.2 Å². The number of ether oxygens (including phenoxy) is 7. The van der Waals surface area contributed by atoms with Gasteiger partial charge in [-0.25, -0.2) is 19.4 Å². The van der Waals surface area contributed by atoms with Crippen molar-refractivity contribution in [2.24, 2.45) is 4.99 Å². The second-order valence-electron chi connectivity index (χ2n) is 14.6. The van der Waals surface area contributed by atoms with Crippen LogP contribution in [0.15, 0.2) is 103 Å². The van der Waals surface area contributed by atoms with Crippen LogP contribution in [0, 0.1) is 0 Å². The van der Waals surface area contributed by atoms with E-state index < -0.39 is 23.9 Å². The molecule has 0 N–H and O–H groups in total. The largest absolute Gasteiger partial charge is 0.494 e. The number of benzene rings is 4. The topological polar surface area (TPSA) is 128 Å². The summed E-state index contributed by atoms with van der Waals surface area (Å²) < 4.78 is 40.7. The van der Waals surface area contributed by atoms with Gasteiger partial charge in [0.25, 0.3) is 0 Å². The van der Waals surface area contributed by atoms with Crippen molar-refractivity contribution in [3.63, 3.8) is 0 Å². The van der Waals surface area contributed by atoms with E-state index in [2.05, 4.69) is 43.5 Å². The summed E-state index contributed by atoms with van der Waals surface area (Å²) in [5, 5.41) is 4.06. The zero-order valence-corrected chi connectivity index (χ0v) is 33.7. The SMILES string of the molecule is C=CC(=O)OCCCCCCOc1ccc2cc(C(=O)O[C@@H]3CO[C@]45N=C(c6ccc7cc(OCCCCCCOC(=O)C=C)ccc7c6)PC4CO[C@H]35)ccc2c1. The number of esters is 3. The predicted molar refractivity (Wildman–Crippen MR) is 224 cm³/mol. The minimum absolute atomic E-state index is 0.0656. The Morgan fingerprint density at radius 1 is 0.690 bits per heavy atom. The van der Waals surface area contributed by atoms with Gasteiger partial charge in [-0.3, -0.25) is 0 Å². The molecule has 3 aliphatic rings. The highest BCUT2D eigenvalue weighted by atomic mass is 31.1. The lowest BCUT2D eigenvalue weighted by Crippen LogP contribution is -2.42. The van der Waals surface area contributed by atoms with Crippen LogP contribution in [0.2, 0.25) is 0 Å². The van der Waals surface area contributed by atoms with Crippen LogP contribution >= 0.6 is 8.58 Å². The van der Waals surface area contributed by atoms with E-state index >= 15 is 0 Å². The molecule has 2 unspecified atom stereocenters. The molecule has 5 atom stereocenters. The minimum Gasteiger partial charge on any atom is -0.494 e. The van der Waals surface area contributed by atoms with Crippen molar-refractivity contribution in [1.29, 1.82) is 0 Å². The summed E-state index contributed by atoms with van der Waals surface area (Å²) in [4.78, 5) is 40.8. The average Bonchev–Trinajstić information content (AvgIpc) is 3.90. The van der Waals surface area contributed by atoms with Gasteiger partial charge < -0.3 is 33.2 Å². The Bertz CT molecular complexity index is 2170. The van der Waals surface area contributed by atoms with E-state index in [4.69, 9.17) is 38.2 Å². The van der Waals surface area contributed by atoms with Gasteiger partial charge in [0.1, 0.15) is 17.6 Å². The molecule has 12 heteroatoms. The number of hydrogen-bond donors (Lipinski definition) is 0. The molecule has 58 heavy (non-hydrogen) atoms. The molecule has 304 valence electrons. The van der Waals surface area contributed by atoms with Crippen LogP contribution in [0.1, 0.15) is 67.3 Å². The van der Waals surface area contributed by atoms with Crippen molar-refractivity contribution in [1.82, 2.24) is 0 Å². The van der Waals surface area contributed by atoms with E-state index in [0.717, 1.165) is 95.4 Å². The first-order chi connectivity index (χ1) is 28.3. The molecule has 7 rings (SSSR count). The standard InChI is InChI=1S/C46H50NO10P/c1-3-41(48)53-23-11-7-5-9-21-51-37-19-17-31-25-35(15-13-33(31)27-37)44-47-46-40(58-44)30-55-43(46)39(29-56-46)57-45(50)36-16-14-34-28-38(20-18-32(34)26-36)52-22-10-6-8-12-24-54-42(49)4-2/h3-4,13-20,25-28,39-40,43,58H,1-2,5-12,21-24,29-30H2/t39-,40?,43-,46-/m1/s1. The second kappa shape index (κ2) is 19.6. The fourth-order valence-corrected chi connectivity index (χ4v) is 9.09. The van der Waals surface area contributed by atoms with Crippen molar-refractivity contribution in [3.05, 3.63) is 109 Å². The van der Waals surface area contributed by atoms with Crippen LogP contribution < -0.4 is 9.47 Å². The number of fused-ring (bicyclic) bond motifs is 2. The van der Waals surface area contributed by atoms with Gasteiger partial charge in [-0.05, 0) is 115 Å². The Hall–Kier alpha value is -5.09. The number of carbonyl (C=O) groups is 3. The van der Waals surface area contributed by atoms with Gasteiger partial charge in [-0.2, -0.15) is 0 Å². The van der Waals surface area contributed by atoms with E-state index in [0.29, 0.717) is 47.2 Å². The first kappa shape index (κ1) is 41.1. The Morgan fingerprint density at radius 3 is 1.86 bits per heavy atom. The molecule has 2 fully saturated rings. The minimum atomic E-state index is -0.860. The van der Waals surface area contributed by atoms with Gasteiger partial charge in [-0.15, -0.1) is 0 Å². The monoisotopic (exact) mass is 807 g/mol. The van der Waals surface area contributed by atoms with Crippen LogP contribution in [0.25, 0.3) is 21.5 Å². The van der Waals surface area contributed by atoms with Gasteiger partial charge in [0.05, 0.1) is 56.3 Å². The molecule has 11 nitrogen and oxygen atoms in total.